The molecule has 2 bridgehead atoms. The first kappa shape index (κ1) is 21.2. The molecule has 2 aliphatic carbocycles. The van der Waals surface area contributed by atoms with E-state index >= 15 is 0 Å². The molecule has 0 aliphatic heterocycles. The highest BCUT2D eigenvalue weighted by atomic mass is 32.2. The number of esters is 1. The van der Waals surface area contributed by atoms with Crippen molar-refractivity contribution < 1.29 is 35.9 Å². The summed E-state index contributed by atoms with van der Waals surface area (Å²) in [5, 5.41) is 0.828. The van der Waals surface area contributed by atoms with E-state index in [1.54, 1.807) is 0 Å². The van der Waals surface area contributed by atoms with Gasteiger partial charge in [0.2, 0.25) is 0 Å². The van der Waals surface area contributed by atoms with E-state index in [4.69, 9.17) is 9.47 Å². The van der Waals surface area contributed by atoms with E-state index in [9.17, 15) is 26.4 Å². The van der Waals surface area contributed by atoms with Crippen molar-refractivity contribution in [2.45, 2.75) is 57.9 Å². The zero-order chi connectivity index (χ0) is 20.0. The lowest BCUT2D eigenvalue weighted by molar-refractivity contribution is -0.256. The van der Waals surface area contributed by atoms with Crippen molar-refractivity contribution in [3.63, 3.8) is 0 Å². The first-order valence-electron chi connectivity index (χ1n) is 8.49. The summed E-state index contributed by atoms with van der Waals surface area (Å²) in [6.07, 6.45) is -5.27. The first-order chi connectivity index (χ1) is 11.7. The van der Waals surface area contributed by atoms with Crippen LogP contribution < -0.4 is 0 Å². The molecule has 0 aromatic carbocycles. The second-order valence-electron chi connectivity index (χ2n) is 8.05. The second kappa shape index (κ2) is 6.82. The highest BCUT2D eigenvalue weighted by molar-refractivity contribution is 7.94. The van der Waals surface area contributed by atoms with Crippen molar-refractivity contribution in [3.8, 4) is 0 Å². The van der Waals surface area contributed by atoms with Crippen LogP contribution in [0, 0.1) is 17.3 Å². The number of ether oxygens (including phenoxy) is 2. The third kappa shape index (κ3) is 4.08. The van der Waals surface area contributed by atoms with E-state index in [1.165, 1.54) is 20.8 Å². The van der Waals surface area contributed by atoms with E-state index < -0.39 is 50.9 Å². The lowest BCUT2D eigenvalue weighted by Crippen LogP contribution is -2.53. The predicted molar refractivity (Wildman–Crippen MR) is 88.9 cm³/mol. The number of carbonyl (C=O) groups is 1. The molecule has 0 saturated heterocycles. The largest absolute Gasteiger partial charge is 0.459 e. The van der Waals surface area contributed by atoms with Crippen molar-refractivity contribution in [2.24, 2.45) is 17.3 Å². The molecule has 26 heavy (non-hydrogen) atoms. The van der Waals surface area contributed by atoms with Crippen molar-refractivity contribution in [3.05, 3.63) is 12.0 Å². The Hall–Kier alpha value is -1.09. The van der Waals surface area contributed by atoms with Gasteiger partial charge in [-0.05, 0) is 51.9 Å². The molecule has 0 spiro atoms. The van der Waals surface area contributed by atoms with E-state index in [1.807, 2.05) is 0 Å². The summed E-state index contributed by atoms with van der Waals surface area (Å²) in [4.78, 5) is 12.4. The van der Waals surface area contributed by atoms with E-state index in [-0.39, 0.29) is 31.6 Å². The maximum Gasteiger partial charge on any atom is 0.405 e. The lowest BCUT2D eigenvalue weighted by atomic mass is 9.71. The van der Waals surface area contributed by atoms with Crippen LogP contribution in [0.2, 0.25) is 0 Å². The third-order valence-corrected chi connectivity index (χ3v) is 6.38. The molecule has 0 aromatic heterocycles. The summed E-state index contributed by atoms with van der Waals surface area (Å²) >= 11 is 0. The van der Waals surface area contributed by atoms with Gasteiger partial charge >= 0.3 is 12.1 Å². The van der Waals surface area contributed by atoms with Gasteiger partial charge in [-0.3, -0.25) is 4.79 Å². The van der Waals surface area contributed by atoms with Crippen LogP contribution >= 0.6 is 0 Å². The minimum Gasteiger partial charge on any atom is -0.459 e. The summed E-state index contributed by atoms with van der Waals surface area (Å²) in [6, 6.07) is 0. The zero-order valence-electron chi connectivity index (χ0n) is 15.1. The molecule has 2 fully saturated rings. The molecule has 150 valence electrons. The number of hydrogen-bond acceptors (Lipinski definition) is 5. The fourth-order valence-electron chi connectivity index (χ4n) is 3.97. The van der Waals surface area contributed by atoms with E-state index in [2.05, 4.69) is 6.58 Å². The van der Waals surface area contributed by atoms with Gasteiger partial charge in [-0.1, -0.05) is 6.58 Å². The summed E-state index contributed by atoms with van der Waals surface area (Å²) in [7, 11) is -3.42. The van der Waals surface area contributed by atoms with Gasteiger partial charge in [-0.2, -0.15) is 13.2 Å². The fraction of sp³-hybridized carbons (Fsp3) is 0.824. The normalized spacial score (nSPS) is 31.8. The molecule has 4 atom stereocenters. The van der Waals surface area contributed by atoms with Crippen LogP contribution in [0.3, 0.4) is 0 Å². The number of carbonyl (C=O) groups excluding carboxylic acids is 1. The average molecular weight is 398 g/mol. The molecular weight excluding hydrogens is 373 g/mol. The van der Waals surface area contributed by atoms with Gasteiger partial charge < -0.3 is 9.47 Å². The summed E-state index contributed by atoms with van der Waals surface area (Å²) in [5.41, 5.74) is -3.51. The van der Waals surface area contributed by atoms with Gasteiger partial charge in [0.1, 0.15) is 5.60 Å². The minimum absolute atomic E-state index is 0.0670. The Morgan fingerprint density at radius 3 is 2.31 bits per heavy atom. The molecule has 2 aliphatic rings. The summed E-state index contributed by atoms with van der Waals surface area (Å²) in [6.45, 7) is 7.70. The first-order valence-corrected chi connectivity index (χ1v) is 10.2. The molecule has 0 radical (unpaired) electrons. The molecule has 2 saturated carbocycles. The number of halogens is 3. The Bertz CT molecular complexity index is 665. The third-order valence-electron chi connectivity index (χ3n) is 5.13. The van der Waals surface area contributed by atoms with Gasteiger partial charge in [0, 0.05) is 5.41 Å². The monoisotopic (exact) mass is 398 g/mol. The Balaban J connectivity index is 2.09. The number of alkyl halides is 3. The van der Waals surface area contributed by atoms with Crippen molar-refractivity contribution in [1.82, 2.24) is 0 Å². The van der Waals surface area contributed by atoms with Crippen LogP contribution in [0.1, 0.15) is 40.0 Å². The minimum atomic E-state index is -4.70. The van der Waals surface area contributed by atoms with E-state index in [0.717, 1.165) is 5.41 Å². The SMILES string of the molecule is C=CS(=O)(=O)CCOC1CC2CC1CC2(C(=O)OC(C)(C)C)C(F)(F)F. The van der Waals surface area contributed by atoms with Crippen LogP contribution in [0.15, 0.2) is 12.0 Å². The quantitative estimate of drug-likeness (QED) is 0.643. The Labute approximate surface area is 151 Å². The fourth-order valence-corrected chi connectivity index (χ4v) is 4.46. The molecular formula is C17H25F3O5S. The highest BCUT2D eigenvalue weighted by Crippen LogP contribution is 2.63. The van der Waals surface area contributed by atoms with Crippen molar-refractivity contribution in [1.29, 1.82) is 0 Å². The predicted octanol–water partition coefficient (Wildman–Crippen LogP) is 3.25. The maximum absolute atomic E-state index is 13.8. The molecule has 0 aromatic rings. The molecule has 9 heteroatoms. The van der Waals surface area contributed by atoms with Crippen LogP contribution in [-0.4, -0.2) is 44.6 Å². The van der Waals surface area contributed by atoms with Gasteiger partial charge in [-0.15, -0.1) is 0 Å². The Kier molecular flexibility index (Phi) is 5.56. The summed E-state index contributed by atoms with van der Waals surface area (Å²) < 4.78 is 74.9. The van der Waals surface area contributed by atoms with Gasteiger partial charge in [0.25, 0.3) is 0 Å². The van der Waals surface area contributed by atoms with Crippen molar-refractivity contribution in [2.75, 3.05) is 12.4 Å². The van der Waals surface area contributed by atoms with Gasteiger partial charge in [-0.25, -0.2) is 8.42 Å². The summed E-state index contributed by atoms with van der Waals surface area (Å²) in [5.74, 6) is -2.84. The molecule has 0 heterocycles. The maximum atomic E-state index is 13.8. The van der Waals surface area contributed by atoms with Crippen molar-refractivity contribution >= 4 is 15.8 Å². The van der Waals surface area contributed by atoms with Crippen LogP contribution in [0.5, 0.6) is 0 Å². The highest BCUT2D eigenvalue weighted by Gasteiger charge is 2.72. The second-order valence-corrected chi connectivity index (χ2v) is 10.1. The molecule has 2 rings (SSSR count). The smallest absolute Gasteiger partial charge is 0.405 e. The van der Waals surface area contributed by atoms with Crippen LogP contribution in [0.25, 0.3) is 0 Å². The number of rotatable bonds is 6. The zero-order valence-corrected chi connectivity index (χ0v) is 16.0. The van der Waals surface area contributed by atoms with Gasteiger partial charge in [0.05, 0.1) is 18.5 Å². The standard InChI is InChI=1S/C17H25F3O5S/c1-5-26(22,23)7-6-24-13-9-12-8-11(13)10-16(12,17(18,19)20)14(21)25-15(2,3)4/h5,11-13H,1,6-10H2,2-4H3. The molecule has 0 N–H and O–H groups in total. The molecule has 0 amide bonds. The van der Waals surface area contributed by atoms with Crippen LogP contribution in [0.4, 0.5) is 13.2 Å². The lowest BCUT2D eigenvalue weighted by Gasteiger charge is -2.40. The molecule has 4 unspecified atom stereocenters. The number of hydrogen-bond donors (Lipinski definition) is 0. The van der Waals surface area contributed by atoms with Crippen LogP contribution in [-0.2, 0) is 24.1 Å². The molecule has 5 nitrogen and oxygen atoms in total. The van der Waals surface area contributed by atoms with E-state index in [0.29, 0.717) is 0 Å². The average Bonchev–Trinajstić information content (AvgIpc) is 3.02. The Morgan fingerprint density at radius 1 is 1.27 bits per heavy atom. The number of sulfone groups is 1. The Morgan fingerprint density at radius 2 is 1.88 bits per heavy atom. The topological polar surface area (TPSA) is 69.7 Å². The van der Waals surface area contributed by atoms with Gasteiger partial charge in [0.15, 0.2) is 15.3 Å². The number of fused-ring (bicyclic) bond motifs is 2.